The van der Waals surface area contributed by atoms with E-state index >= 15 is 0 Å². The lowest BCUT2D eigenvalue weighted by atomic mass is 10.2. The van der Waals surface area contributed by atoms with Crippen molar-refractivity contribution in [1.82, 2.24) is 0 Å². The average molecular weight is 220 g/mol. The standard InChI is InChI=1S/C12H12S2/c1-2-6-12-13-9-11(14-12)10-7-4-3-5-8-10/h2-8,11H,1,9H2/b12-6+. The smallest absolute Gasteiger partial charge is 0.0443 e. The Morgan fingerprint density at radius 2 is 2.07 bits per heavy atom. The van der Waals surface area contributed by atoms with E-state index in [1.165, 1.54) is 15.6 Å². The van der Waals surface area contributed by atoms with Gasteiger partial charge < -0.3 is 0 Å². The third-order valence-corrected chi connectivity index (χ3v) is 4.93. The van der Waals surface area contributed by atoms with Crippen LogP contribution in [0.1, 0.15) is 10.8 Å². The Labute approximate surface area is 93.5 Å². The highest BCUT2D eigenvalue weighted by atomic mass is 32.2. The molecule has 72 valence electrons. The van der Waals surface area contributed by atoms with Crippen LogP contribution in [0, 0.1) is 0 Å². The number of hydrogen-bond acceptors (Lipinski definition) is 2. The molecule has 0 aliphatic carbocycles. The molecular formula is C12H12S2. The molecule has 0 saturated carbocycles. The molecule has 0 nitrogen and oxygen atoms in total. The number of thioether (sulfide) groups is 2. The molecule has 0 aromatic heterocycles. The van der Waals surface area contributed by atoms with Crippen molar-refractivity contribution in [1.29, 1.82) is 0 Å². The lowest BCUT2D eigenvalue weighted by Crippen LogP contribution is -1.89. The summed E-state index contributed by atoms with van der Waals surface area (Å²) in [5.41, 5.74) is 1.43. The molecule has 1 unspecified atom stereocenters. The van der Waals surface area contributed by atoms with Crippen molar-refractivity contribution in [3.8, 4) is 0 Å². The van der Waals surface area contributed by atoms with Gasteiger partial charge in [0.2, 0.25) is 0 Å². The van der Waals surface area contributed by atoms with Crippen LogP contribution in [-0.2, 0) is 0 Å². The minimum absolute atomic E-state index is 0.618. The van der Waals surface area contributed by atoms with Gasteiger partial charge in [0.15, 0.2) is 0 Å². The average Bonchev–Trinajstić information content (AvgIpc) is 2.68. The SMILES string of the molecule is C=C/C=C1\SCC(c2ccccc2)S1. The van der Waals surface area contributed by atoms with Gasteiger partial charge >= 0.3 is 0 Å². The summed E-state index contributed by atoms with van der Waals surface area (Å²) < 4.78 is 1.38. The fourth-order valence-corrected chi connectivity index (χ4v) is 4.13. The van der Waals surface area contributed by atoms with Crippen LogP contribution in [0.5, 0.6) is 0 Å². The van der Waals surface area contributed by atoms with E-state index in [2.05, 4.69) is 43.0 Å². The summed E-state index contributed by atoms with van der Waals surface area (Å²) in [5, 5.41) is 0.618. The van der Waals surface area contributed by atoms with Gasteiger partial charge in [-0.3, -0.25) is 0 Å². The number of allylic oxidation sites excluding steroid dienone is 2. The molecule has 0 spiro atoms. The molecule has 0 bridgehead atoms. The van der Waals surface area contributed by atoms with Crippen LogP contribution in [-0.4, -0.2) is 5.75 Å². The quantitative estimate of drug-likeness (QED) is 0.731. The normalized spacial score (nSPS) is 24.0. The zero-order valence-corrected chi connectivity index (χ0v) is 9.48. The largest absolute Gasteiger partial charge is 0.118 e. The van der Waals surface area contributed by atoms with Crippen molar-refractivity contribution in [3.63, 3.8) is 0 Å². The first-order valence-corrected chi connectivity index (χ1v) is 6.44. The highest BCUT2D eigenvalue weighted by Crippen LogP contribution is 2.49. The fourth-order valence-electron chi connectivity index (χ4n) is 1.38. The van der Waals surface area contributed by atoms with E-state index in [0.717, 1.165) is 0 Å². The molecule has 1 fully saturated rings. The van der Waals surface area contributed by atoms with Crippen molar-refractivity contribution < 1.29 is 0 Å². The molecule has 1 aromatic rings. The van der Waals surface area contributed by atoms with E-state index in [4.69, 9.17) is 0 Å². The maximum atomic E-state index is 3.72. The first-order chi connectivity index (χ1) is 6.90. The molecule has 1 aromatic carbocycles. The highest BCUT2D eigenvalue weighted by molar-refractivity contribution is 8.25. The van der Waals surface area contributed by atoms with Gasteiger partial charge in [-0.1, -0.05) is 43.0 Å². The van der Waals surface area contributed by atoms with Gasteiger partial charge in [-0.25, -0.2) is 0 Å². The number of hydrogen-bond donors (Lipinski definition) is 0. The molecule has 1 aliphatic heterocycles. The highest BCUT2D eigenvalue weighted by Gasteiger charge is 2.21. The molecule has 1 atom stereocenters. The van der Waals surface area contributed by atoms with Gasteiger partial charge in [0, 0.05) is 15.2 Å². The van der Waals surface area contributed by atoms with Crippen LogP contribution in [0.15, 0.2) is 53.3 Å². The molecule has 0 amide bonds. The molecule has 1 saturated heterocycles. The third kappa shape index (κ3) is 2.25. The monoisotopic (exact) mass is 220 g/mol. The molecule has 0 N–H and O–H groups in total. The van der Waals surface area contributed by atoms with Gasteiger partial charge in [-0.2, -0.15) is 0 Å². The van der Waals surface area contributed by atoms with Crippen molar-refractivity contribution in [3.05, 3.63) is 58.9 Å². The van der Waals surface area contributed by atoms with Crippen LogP contribution in [0.2, 0.25) is 0 Å². The minimum Gasteiger partial charge on any atom is -0.118 e. The topological polar surface area (TPSA) is 0 Å². The Balaban J connectivity index is 2.10. The number of rotatable bonds is 2. The van der Waals surface area contributed by atoms with E-state index in [1.54, 1.807) is 0 Å². The zero-order chi connectivity index (χ0) is 9.80. The molecule has 1 heterocycles. The lowest BCUT2D eigenvalue weighted by Gasteiger charge is -2.06. The van der Waals surface area contributed by atoms with Crippen LogP contribution in [0.4, 0.5) is 0 Å². The second kappa shape index (κ2) is 4.76. The van der Waals surface area contributed by atoms with Gasteiger partial charge in [0.25, 0.3) is 0 Å². The minimum atomic E-state index is 0.618. The first-order valence-electron chi connectivity index (χ1n) is 4.57. The fraction of sp³-hybridized carbons (Fsp3) is 0.167. The number of benzene rings is 1. The maximum Gasteiger partial charge on any atom is 0.0443 e. The predicted octanol–water partition coefficient (Wildman–Crippen LogP) is 4.24. The van der Waals surface area contributed by atoms with E-state index < -0.39 is 0 Å². The molecule has 0 radical (unpaired) electrons. The summed E-state index contributed by atoms with van der Waals surface area (Å²) in [6.45, 7) is 3.72. The Hall–Kier alpha value is -0.600. The van der Waals surface area contributed by atoms with Crippen LogP contribution >= 0.6 is 23.5 Å². The van der Waals surface area contributed by atoms with Gasteiger partial charge in [-0.15, -0.1) is 23.5 Å². The van der Waals surface area contributed by atoms with Gasteiger partial charge in [0.1, 0.15) is 0 Å². The zero-order valence-electron chi connectivity index (χ0n) is 7.85. The summed E-state index contributed by atoms with van der Waals surface area (Å²) in [6.07, 6.45) is 3.96. The Morgan fingerprint density at radius 3 is 2.79 bits per heavy atom. The Morgan fingerprint density at radius 1 is 1.29 bits per heavy atom. The molecule has 2 heteroatoms. The summed E-state index contributed by atoms with van der Waals surface area (Å²) >= 11 is 3.86. The van der Waals surface area contributed by atoms with E-state index in [0.29, 0.717) is 5.25 Å². The van der Waals surface area contributed by atoms with Gasteiger partial charge in [-0.05, 0) is 11.6 Å². The van der Waals surface area contributed by atoms with Crippen molar-refractivity contribution in [2.75, 3.05) is 5.75 Å². The second-order valence-corrected chi connectivity index (χ2v) is 5.61. The Kier molecular flexibility index (Phi) is 3.38. The summed E-state index contributed by atoms with van der Waals surface area (Å²) in [6, 6.07) is 10.7. The molecule has 14 heavy (non-hydrogen) atoms. The van der Waals surface area contributed by atoms with Crippen molar-refractivity contribution >= 4 is 23.5 Å². The maximum absolute atomic E-state index is 3.72. The van der Waals surface area contributed by atoms with E-state index in [-0.39, 0.29) is 0 Å². The summed E-state index contributed by atoms with van der Waals surface area (Å²) in [4.78, 5) is 0. The van der Waals surface area contributed by atoms with Crippen molar-refractivity contribution in [2.24, 2.45) is 0 Å². The molecule has 2 rings (SSSR count). The second-order valence-electron chi connectivity index (χ2n) is 3.05. The van der Waals surface area contributed by atoms with Crippen LogP contribution in [0.25, 0.3) is 0 Å². The predicted molar refractivity (Wildman–Crippen MR) is 67.5 cm³/mol. The van der Waals surface area contributed by atoms with E-state index in [9.17, 15) is 0 Å². The Bertz CT molecular complexity index is 341. The first kappa shape index (κ1) is 9.94. The molecule has 1 aliphatic rings. The lowest BCUT2D eigenvalue weighted by molar-refractivity contribution is 1.13. The summed E-state index contributed by atoms with van der Waals surface area (Å²) in [5.74, 6) is 1.17. The third-order valence-electron chi connectivity index (χ3n) is 2.06. The van der Waals surface area contributed by atoms with Gasteiger partial charge in [0.05, 0.1) is 0 Å². The summed E-state index contributed by atoms with van der Waals surface area (Å²) in [7, 11) is 0. The molecular weight excluding hydrogens is 208 g/mol. The van der Waals surface area contributed by atoms with E-state index in [1.807, 2.05) is 29.6 Å². The van der Waals surface area contributed by atoms with Crippen molar-refractivity contribution in [2.45, 2.75) is 5.25 Å². The van der Waals surface area contributed by atoms with Crippen LogP contribution in [0.3, 0.4) is 0 Å². The van der Waals surface area contributed by atoms with Crippen LogP contribution < -0.4 is 0 Å².